The van der Waals surface area contributed by atoms with Gasteiger partial charge in [-0.1, -0.05) is 30.3 Å². The zero-order valence-corrected chi connectivity index (χ0v) is 11.6. The van der Waals surface area contributed by atoms with Crippen LogP contribution in [0, 0.1) is 0 Å². The Kier molecular flexibility index (Phi) is 3.46. The second kappa shape index (κ2) is 5.41. The molecule has 0 bridgehead atoms. The number of benzene rings is 1. The fourth-order valence-electron chi connectivity index (χ4n) is 2.78. The van der Waals surface area contributed by atoms with E-state index in [2.05, 4.69) is 22.0 Å². The number of hydrogen-bond donors (Lipinski definition) is 1. The van der Waals surface area contributed by atoms with E-state index >= 15 is 0 Å². The molecule has 4 nitrogen and oxygen atoms in total. The predicted octanol–water partition coefficient (Wildman–Crippen LogP) is 3.07. The molecule has 20 heavy (non-hydrogen) atoms. The van der Waals surface area contributed by atoms with Gasteiger partial charge in [0.15, 0.2) is 0 Å². The first kappa shape index (κ1) is 12.8. The molecule has 1 aromatic carbocycles. The number of aromatic nitrogens is 1. The average molecular weight is 270 g/mol. The number of nitrogens with zero attached hydrogens (tertiary/aromatic N) is 1. The van der Waals surface area contributed by atoms with Crippen LogP contribution in [0.3, 0.4) is 0 Å². The summed E-state index contributed by atoms with van der Waals surface area (Å²) in [7, 11) is 1.42. The molecule has 0 atom stereocenters. The maximum Gasteiger partial charge on any atom is 0.356 e. The summed E-state index contributed by atoms with van der Waals surface area (Å²) in [4.78, 5) is 17.3. The normalized spacial score (nSPS) is 14.6. The molecule has 0 amide bonds. The molecule has 1 aliphatic rings. The molecule has 1 N–H and O–H groups in total. The molecule has 4 heteroatoms. The largest absolute Gasteiger partial charge is 0.464 e. The summed E-state index contributed by atoms with van der Waals surface area (Å²) < 4.78 is 4.89. The van der Waals surface area contributed by atoms with Gasteiger partial charge in [0.1, 0.15) is 5.69 Å². The SMILES string of the molecule is COC(=O)c1[nH]cc(-c2ccccc2)c1N1CCCC1. The first-order valence-corrected chi connectivity index (χ1v) is 6.91. The van der Waals surface area contributed by atoms with Crippen LogP contribution in [-0.4, -0.2) is 31.2 Å². The van der Waals surface area contributed by atoms with Gasteiger partial charge in [0.25, 0.3) is 0 Å². The smallest absolute Gasteiger partial charge is 0.356 e. The zero-order valence-electron chi connectivity index (χ0n) is 11.6. The minimum Gasteiger partial charge on any atom is -0.464 e. The lowest BCUT2D eigenvalue weighted by atomic mass is 10.1. The van der Waals surface area contributed by atoms with Gasteiger partial charge in [-0.25, -0.2) is 4.79 Å². The maximum atomic E-state index is 12.0. The molecule has 0 aliphatic carbocycles. The summed E-state index contributed by atoms with van der Waals surface area (Å²) in [5, 5.41) is 0. The topological polar surface area (TPSA) is 45.3 Å². The van der Waals surface area contributed by atoms with Crippen molar-refractivity contribution in [2.45, 2.75) is 12.8 Å². The number of aromatic amines is 1. The average Bonchev–Trinajstić information content (AvgIpc) is 3.15. The molecule has 1 aromatic heterocycles. The Morgan fingerprint density at radius 1 is 1.20 bits per heavy atom. The van der Waals surface area contributed by atoms with Gasteiger partial charge in [0.05, 0.1) is 12.8 Å². The van der Waals surface area contributed by atoms with Crippen LogP contribution in [0.2, 0.25) is 0 Å². The van der Waals surface area contributed by atoms with Gasteiger partial charge >= 0.3 is 5.97 Å². The molecule has 0 radical (unpaired) electrons. The van der Waals surface area contributed by atoms with Crippen molar-refractivity contribution in [3.05, 3.63) is 42.2 Å². The van der Waals surface area contributed by atoms with Crippen LogP contribution >= 0.6 is 0 Å². The quantitative estimate of drug-likeness (QED) is 0.872. The second-order valence-electron chi connectivity index (χ2n) is 4.98. The van der Waals surface area contributed by atoms with Crippen LogP contribution in [0.25, 0.3) is 11.1 Å². The lowest BCUT2D eigenvalue weighted by molar-refractivity contribution is 0.0595. The molecule has 1 aliphatic heterocycles. The van der Waals surface area contributed by atoms with E-state index in [0.717, 1.165) is 29.9 Å². The summed E-state index contributed by atoms with van der Waals surface area (Å²) in [5.41, 5.74) is 3.70. The number of nitrogens with one attached hydrogen (secondary N) is 1. The van der Waals surface area contributed by atoms with Crippen LogP contribution in [0.15, 0.2) is 36.5 Å². The molecule has 104 valence electrons. The first-order valence-electron chi connectivity index (χ1n) is 6.91. The third-order valence-electron chi connectivity index (χ3n) is 3.75. The van der Waals surface area contributed by atoms with E-state index in [1.165, 1.54) is 20.0 Å². The van der Waals surface area contributed by atoms with E-state index < -0.39 is 0 Å². The number of esters is 1. The number of hydrogen-bond acceptors (Lipinski definition) is 3. The van der Waals surface area contributed by atoms with Crippen LogP contribution in [0.5, 0.6) is 0 Å². The number of ether oxygens (including phenoxy) is 1. The van der Waals surface area contributed by atoms with Crippen LogP contribution < -0.4 is 4.90 Å². The van der Waals surface area contributed by atoms with E-state index in [-0.39, 0.29) is 5.97 Å². The number of rotatable bonds is 3. The van der Waals surface area contributed by atoms with Crippen molar-refractivity contribution in [1.29, 1.82) is 0 Å². The van der Waals surface area contributed by atoms with Gasteiger partial charge in [-0.2, -0.15) is 0 Å². The summed E-state index contributed by atoms with van der Waals surface area (Å²) >= 11 is 0. The monoisotopic (exact) mass is 270 g/mol. The highest BCUT2D eigenvalue weighted by Gasteiger charge is 2.25. The van der Waals surface area contributed by atoms with Crippen molar-refractivity contribution in [3.63, 3.8) is 0 Å². The van der Waals surface area contributed by atoms with Gasteiger partial charge in [0, 0.05) is 24.8 Å². The number of carbonyl (C=O) groups is 1. The zero-order chi connectivity index (χ0) is 13.9. The molecule has 2 aromatic rings. The predicted molar refractivity (Wildman–Crippen MR) is 79.0 cm³/mol. The van der Waals surface area contributed by atoms with Crippen molar-refractivity contribution in [2.75, 3.05) is 25.1 Å². The van der Waals surface area contributed by atoms with Gasteiger partial charge in [0.2, 0.25) is 0 Å². The van der Waals surface area contributed by atoms with E-state index in [1.54, 1.807) is 0 Å². The molecule has 3 rings (SSSR count). The third-order valence-corrected chi connectivity index (χ3v) is 3.75. The number of carbonyl (C=O) groups excluding carboxylic acids is 1. The molecular formula is C16H18N2O2. The van der Waals surface area contributed by atoms with Crippen molar-refractivity contribution >= 4 is 11.7 Å². The lowest BCUT2D eigenvalue weighted by Crippen LogP contribution is -2.21. The molecule has 0 saturated carbocycles. The van der Waals surface area contributed by atoms with Gasteiger partial charge in [-0.05, 0) is 18.4 Å². The Labute approximate surface area is 118 Å². The highest BCUT2D eigenvalue weighted by Crippen LogP contribution is 2.36. The molecule has 0 spiro atoms. The van der Waals surface area contributed by atoms with Crippen LogP contribution in [0.4, 0.5) is 5.69 Å². The highest BCUT2D eigenvalue weighted by molar-refractivity contribution is 5.99. The summed E-state index contributed by atoms with van der Waals surface area (Å²) in [6.07, 6.45) is 4.23. The van der Waals surface area contributed by atoms with E-state index in [1.807, 2.05) is 24.4 Å². The Morgan fingerprint density at radius 3 is 2.55 bits per heavy atom. The first-order chi connectivity index (χ1) is 9.81. The second-order valence-corrected chi connectivity index (χ2v) is 4.98. The van der Waals surface area contributed by atoms with Crippen LogP contribution in [0.1, 0.15) is 23.3 Å². The van der Waals surface area contributed by atoms with Crippen molar-refractivity contribution in [1.82, 2.24) is 4.98 Å². The number of methoxy groups -OCH3 is 1. The van der Waals surface area contributed by atoms with Gasteiger partial charge in [-0.15, -0.1) is 0 Å². The van der Waals surface area contributed by atoms with E-state index in [4.69, 9.17) is 4.74 Å². The summed E-state index contributed by atoms with van der Waals surface area (Å²) in [6.45, 7) is 1.98. The Bertz CT molecular complexity index is 598. The molecular weight excluding hydrogens is 252 g/mol. The number of anilines is 1. The Hall–Kier alpha value is -2.23. The Balaban J connectivity index is 2.10. The van der Waals surface area contributed by atoms with Gasteiger partial charge in [-0.3, -0.25) is 0 Å². The number of H-pyrrole nitrogens is 1. The highest BCUT2D eigenvalue weighted by atomic mass is 16.5. The van der Waals surface area contributed by atoms with Crippen LogP contribution in [-0.2, 0) is 4.74 Å². The van der Waals surface area contributed by atoms with Crippen molar-refractivity contribution in [3.8, 4) is 11.1 Å². The van der Waals surface area contributed by atoms with Crippen molar-refractivity contribution < 1.29 is 9.53 Å². The summed E-state index contributed by atoms with van der Waals surface area (Å²) in [6, 6.07) is 10.1. The summed E-state index contributed by atoms with van der Waals surface area (Å²) in [5.74, 6) is -0.311. The standard InChI is InChI=1S/C16H18N2O2/c1-20-16(19)14-15(18-9-5-6-10-18)13(11-17-14)12-7-3-2-4-8-12/h2-4,7-8,11,17H,5-6,9-10H2,1H3. The van der Waals surface area contributed by atoms with Gasteiger partial charge < -0.3 is 14.6 Å². The molecule has 0 unspecified atom stereocenters. The Morgan fingerprint density at radius 2 is 1.90 bits per heavy atom. The third kappa shape index (κ3) is 2.18. The van der Waals surface area contributed by atoms with E-state index in [9.17, 15) is 4.79 Å². The fraction of sp³-hybridized carbons (Fsp3) is 0.312. The minimum atomic E-state index is -0.311. The fourth-order valence-corrected chi connectivity index (χ4v) is 2.78. The lowest BCUT2D eigenvalue weighted by Gasteiger charge is -2.20. The van der Waals surface area contributed by atoms with Crippen molar-refractivity contribution in [2.24, 2.45) is 0 Å². The molecule has 1 fully saturated rings. The molecule has 1 saturated heterocycles. The minimum absolute atomic E-state index is 0.311. The maximum absolute atomic E-state index is 12.0. The molecule has 2 heterocycles. The van der Waals surface area contributed by atoms with E-state index in [0.29, 0.717) is 5.69 Å².